The number of ether oxygens (including phenoxy) is 1. The van der Waals surface area contributed by atoms with Crippen molar-refractivity contribution in [1.82, 2.24) is 4.90 Å². The summed E-state index contributed by atoms with van der Waals surface area (Å²) in [5.41, 5.74) is 6.81. The maximum Gasteiger partial charge on any atom is 0.360 e. The Morgan fingerprint density at radius 3 is 2.67 bits per heavy atom. The maximum atomic E-state index is 12.5. The van der Waals surface area contributed by atoms with Crippen molar-refractivity contribution in [3.63, 3.8) is 0 Å². The van der Waals surface area contributed by atoms with E-state index in [1.54, 1.807) is 0 Å². The highest BCUT2D eigenvalue weighted by molar-refractivity contribution is 5.91. The second-order valence-corrected chi connectivity index (χ2v) is 6.11. The molecule has 1 saturated heterocycles. The van der Waals surface area contributed by atoms with E-state index in [1.165, 1.54) is 12.1 Å². The van der Waals surface area contributed by atoms with Gasteiger partial charge in [-0.1, -0.05) is 0 Å². The van der Waals surface area contributed by atoms with Gasteiger partial charge in [0, 0.05) is 44.9 Å². The molecule has 0 aliphatic carbocycles. The number of piperazine rings is 1. The summed E-state index contributed by atoms with van der Waals surface area (Å²) in [5.74, 6) is 0.469. The fourth-order valence-corrected chi connectivity index (χ4v) is 3.12. The number of nitrogens with zero attached hydrogens (tertiary/aromatic N) is 2. The molecular formula is C17H23N3O4. The third-order valence-electron chi connectivity index (χ3n) is 4.37. The number of benzene rings is 1. The summed E-state index contributed by atoms with van der Waals surface area (Å²) in [6.45, 7) is 5.89. The summed E-state index contributed by atoms with van der Waals surface area (Å²) in [4.78, 5) is 16.8. The van der Waals surface area contributed by atoms with Gasteiger partial charge >= 0.3 is 5.63 Å². The van der Waals surface area contributed by atoms with Crippen LogP contribution in [0.15, 0.2) is 21.3 Å². The van der Waals surface area contributed by atoms with Gasteiger partial charge in [-0.15, -0.1) is 0 Å². The smallest absolute Gasteiger partial charge is 0.360 e. The summed E-state index contributed by atoms with van der Waals surface area (Å²) in [6.07, 6.45) is 0. The number of phenols is 1. The van der Waals surface area contributed by atoms with E-state index in [1.807, 2.05) is 6.92 Å². The molecule has 24 heavy (non-hydrogen) atoms. The van der Waals surface area contributed by atoms with Crippen molar-refractivity contribution in [3.8, 4) is 11.5 Å². The van der Waals surface area contributed by atoms with Crippen molar-refractivity contribution < 1.29 is 14.3 Å². The number of anilines is 1. The molecule has 0 amide bonds. The van der Waals surface area contributed by atoms with E-state index in [-0.39, 0.29) is 11.4 Å². The number of phenolic OH excluding ortho intramolecular Hbond substituents is 1. The van der Waals surface area contributed by atoms with Crippen LogP contribution in [0.3, 0.4) is 0 Å². The number of fused-ring (bicyclic) bond motifs is 1. The summed E-state index contributed by atoms with van der Waals surface area (Å²) in [7, 11) is 2.06. The Hall–Kier alpha value is -2.25. The largest absolute Gasteiger partial charge is 0.508 e. The quantitative estimate of drug-likeness (QED) is 0.803. The van der Waals surface area contributed by atoms with Gasteiger partial charge in [0.25, 0.3) is 0 Å². The van der Waals surface area contributed by atoms with Gasteiger partial charge in [0.15, 0.2) is 0 Å². The van der Waals surface area contributed by atoms with Gasteiger partial charge in [0.1, 0.15) is 29.4 Å². The molecule has 2 aromatic rings. The minimum absolute atomic E-state index is 0.00980. The van der Waals surface area contributed by atoms with Crippen LogP contribution >= 0.6 is 0 Å². The molecule has 7 nitrogen and oxygen atoms in total. The Labute approximate surface area is 140 Å². The van der Waals surface area contributed by atoms with Crippen molar-refractivity contribution >= 4 is 16.7 Å². The van der Waals surface area contributed by atoms with Crippen LogP contribution < -0.4 is 21.0 Å². The van der Waals surface area contributed by atoms with Gasteiger partial charge in [-0.25, -0.2) is 4.79 Å². The lowest BCUT2D eigenvalue weighted by Gasteiger charge is -2.34. The minimum Gasteiger partial charge on any atom is -0.508 e. The Morgan fingerprint density at radius 2 is 2.00 bits per heavy atom. The van der Waals surface area contributed by atoms with Gasteiger partial charge in [-0.05, 0) is 19.5 Å². The number of hydrogen-bond acceptors (Lipinski definition) is 7. The highest BCUT2D eigenvalue weighted by Gasteiger charge is 2.23. The van der Waals surface area contributed by atoms with Gasteiger partial charge in [-0.3, -0.25) is 0 Å². The van der Waals surface area contributed by atoms with Crippen LogP contribution in [-0.4, -0.2) is 56.4 Å². The standard InChI is InChI=1S/C17H23N3O4/c1-11-15-13(23-8-3-18)9-12(21)10-14(15)24-17(22)16(11)20-6-4-19(2)5-7-20/h9-10,21H,3-8,18H2,1-2H3. The van der Waals surface area contributed by atoms with Crippen molar-refractivity contribution in [2.24, 2.45) is 5.73 Å². The molecule has 0 atom stereocenters. The molecule has 1 aromatic heterocycles. The second-order valence-electron chi connectivity index (χ2n) is 6.11. The number of aryl methyl sites for hydroxylation is 1. The first-order valence-corrected chi connectivity index (χ1v) is 8.08. The molecule has 1 aliphatic heterocycles. The van der Waals surface area contributed by atoms with E-state index in [0.29, 0.717) is 35.6 Å². The molecule has 1 fully saturated rings. The predicted octanol–water partition coefficient (Wildman–Crippen LogP) is 0.896. The average Bonchev–Trinajstić information content (AvgIpc) is 2.53. The molecule has 0 saturated carbocycles. The van der Waals surface area contributed by atoms with Crippen LogP contribution in [0.1, 0.15) is 5.56 Å². The molecule has 3 rings (SSSR count). The average molecular weight is 333 g/mol. The third kappa shape index (κ3) is 3.05. The van der Waals surface area contributed by atoms with Crippen molar-refractivity contribution in [1.29, 1.82) is 0 Å². The van der Waals surface area contributed by atoms with Crippen LogP contribution in [0.2, 0.25) is 0 Å². The van der Waals surface area contributed by atoms with Crippen molar-refractivity contribution in [3.05, 3.63) is 28.1 Å². The molecule has 130 valence electrons. The Bertz CT molecular complexity index is 795. The van der Waals surface area contributed by atoms with Gasteiger partial charge in [0.05, 0.1) is 5.39 Å². The normalized spacial score (nSPS) is 15.9. The lowest BCUT2D eigenvalue weighted by atomic mass is 10.1. The topological polar surface area (TPSA) is 92.2 Å². The zero-order chi connectivity index (χ0) is 17.3. The second kappa shape index (κ2) is 6.70. The lowest BCUT2D eigenvalue weighted by molar-refractivity contribution is 0.311. The van der Waals surface area contributed by atoms with Crippen LogP contribution in [0.5, 0.6) is 11.5 Å². The summed E-state index contributed by atoms with van der Waals surface area (Å²) < 4.78 is 11.1. The molecule has 7 heteroatoms. The SMILES string of the molecule is Cc1c(N2CCN(C)CC2)c(=O)oc2cc(O)cc(OCCN)c12. The molecule has 1 aliphatic rings. The number of aromatic hydroxyl groups is 1. The Kier molecular flexibility index (Phi) is 4.64. The summed E-state index contributed by atoms with van der Waals surface area (Å²) >= 11 is 0. The zero-order valence-electron chi connectivity index (χ0n) is 14.0. The first-order chi connectivity index (χ1) is 11.5. The highest BCUT2D eigenvalue weighted by Crippen LogP contribution is 2.35. The number of rotatable bonds is 4. The number of nitrogens with two attached hydrogens (primary N) is 1. The van der Waals surface area contributed by atoms with Crippen molar-refractivity contribution in [2.45, 2.75) is 6.92 Å². The van der Waals surface area contributed by atoms with Crippen molar-refractivity contribution in [2.75, 3.05) is 51.3 Å². The van der Waals surface area contributed by atoms with E-state index in [9.17, 15) is 9.90 Å². The summed E-state index contributed by atoms with van der Waals surface area (Å²) in [5, 5.41) is 10.6. The molecule has 0 bridgehead atoms. The van der Waals surface area contributed by atoms with E-state index >= 15 is 0 Å². The number of hydrogen-bond donors (Lipinski definition) is 2. The Morgan fingerprint density at radius 1 is 1.29 bits per heavy atom. The summed E-state index contributed by atoms with van der Waals surface area (Å²) in [6, 6.07) is 2.96. The fraction of sp³-hybridized carbons (Fsp3) is 0.471. The van der Waals surface area contributed by atoms with E-state index < -0.39 is 0 Å². The maximum absolute atomic E-state index is 12.5. The molecule has 0 radical (unpaired) electrons. The highest BCUT2D eigenvalue weighted by atomic mass is 16.5. The molecule has 1 aromatic carbocycles. The molecule has 2 heterocycles. The van der Waals surface area contributed by atoms with E-state index in [0.717, 1.165) is 31.7 Å². The predicted molar refractivity (Wildman–Crippen MR) is 93.1 cm³/mol. The third-order valence-corrected chi connectivity index (χ3v) is 4.37. The van der Waals surface area contributed by atoms with Crippen LogP contribution in [0, 0.1) is 6.92 Å². The molecule has 0 spiro atoms. The molecule has 3 N–H and O–H groups in total. The van der Waals surface area contributed by atoms with Crippen LogP contribution in [0.25, 0.3) is 11.0 Å². The molecular weight excluding hydrogens is 310 g/mol. The number of likely N-dealkylation sites (N-methyl/N-ethyl adjacent to an activating group) is 1. The monoisotopic (exact) mass is 333 g/mol. The van der Waals surface area contributed by atoms with E-state index in [2.05, 4.69) is 16.8 Å². The van der Waals surface area contributed by atoms with E-state index in [4.69, 9.17) is 14.9 Å². The van der Waals surface area contributed by atoms with Crippen LogP contribution in [0.4, 0.5) is 5.69 Å². The first-order valence-electron chi connectivity index (χ1n) is 8.08. The molecule has 0 unspecified atom stereocenters. The minimum atomic E-state index is -0.389. The first kappa shape index (κ1) is 16.6. The van der Waals surface area contributed by atoms with Gasteiger partial charge < -0.3 is 29.8 Å². The van der Waals surface area contributed by atoms with Gasteiger partial charge in [-0.2, -0.15) is 0 Å². The zero-order valence-corrected chi connectivity index (χ0v) is 14.0. The van der Waals surface area contributed by atoms with Crippen LogP contribution in [-0.2, 0) is 0 Å². The Balaban J connectivity index is 2.14. The van der Waals surface area contributed by atoms with Gasteiger partial charge in [0.2, 0.25) is 0 Å². The lowest BCUT2D eigenvalue weighted by Crippen LogP contribution is -2.46. The fourth-order valence-electron chi connectivity index (χ4n) is 3.12.